The van der Waals surface area contributed by atoms with Crippen LogP contribution in [0, 0.1) is 6.92 Å². The lowest BCUT2D eigenvalue weighted by Crippen LogP contribution is -2.27. The van der Waals surface area contributed by atoms with Crippen molar-refractivity contribution in [2.24, 2.45) is 0 Å². The highest BCUT2D eigenvalue weighted by Gasteiger charge is 2.31. The van der Waals surface area contributed by atoms with E-state index in [1.54, 1.807) is 6.20 Å². The van der Waals surface area contributed by atoms with Gasteiger partial charge in [0.1, 0.15) is 5.60 Å². The zero-order valence-corrected chi connectivity index (χ0v) is 13.5. The van der Waals surface area contributed by atoms with Crippen LogP contribution in [0.2, 0.25) is 0 Å². The van der Waals surface area contributed by atoms with E-state index in [-0.39, 0.29) is 0 Å². The molecule has 1 fully saturated rings. The van der Waals surface area contributed by atoms with Crippen molar-refractivity contribution in [3.8, 4) is 11.3 Å². The van der Waals surface area contributed by atoms with Gasteiger partial charge in [-0.2, -0.15) is 9.78 Å². The first-order valence-corrected chi connectivity index (χ1v) is 7.60. The molecule has 1 aliphatic carbocycles. The lowest BCUT2D eigenvalue weighted by atomic mass is 10.1. The normalized spacial score (nSPS) is 14.9. The van der Waals surface area contributed by atoms with Crippen LogP contribution in [0.25, 0.3) is 11.3 Å². The van der Waals surface area contributed by atoms with Gasteiger partial charge < -0.3 is 4.74 Å². The fourth-order valence-corrected chi connectivity index (χ4v) is 2.34. The molecule has 0 N–H and O–H groups in total. The molecule has 1 aliphatic rings. The van der Waals surface area contributed by atoms with Crippen molar-refractivity contribution in [2.45, 2.75) is 52.1 Å². The maximum absolute atomic E-state index is 12.2. The summed E-state index contributed by atoms with van der Waals surface area (Å²) in [4.78, 5) is 16.8. The van der Waals surface area contributed by atoms with Crippen molar-refractivity contribution < 1.29 is 9.53 Å². The van der Waals surface area contributed by atoms with E-state index in [0.29, 0.717) is 5.92 Å². The second-order valence-electron chi connectivity index (χ2n) is 6.79. The summed E-state index contributed by atoms with van der Waals surface area (Å²) in [7, 11) is 0. The third-order valence-electron chi connectivity index (χ3n) is 3.45. The van der Waals surface area contributed by atoms with E-state index >= 15 is 0 Å². The van der Waals surface area contributed by atoms with Gasteiger partial charge in [0.05, 0.1) is 11.4 Å². The molecule has 0 saturated heterocycles. The Bertz CT molecular complexity index is 709. The molecule has 22 heavy (non-hydrogen) atoms. The highest BCUT2D eigenvalue weighted by atomic mass is 16.6. The molecule has 0 radical (unpaired) electrons. The third kappa shape index (κ3) is 3.18. The minimum absolute atomic E-state index is 0.431. The van der Waals surface area contributed by atoms with Crippen LogP contribution in [0.1, 0.15) is 50.9 Å². The molecule has 2 heterocycles. The van der Waals surface area contributed by atoms with Crippen LogP contribution in [0.5, 0.6) is 0 Å². The van der Waals surface area contributed by atoms with Gasteiger partial charge in [0, 0.05) is 23.4 Å². The maximum Gasteiger partial charge on any atom is 0.435 e. The molecule has 0 amide bonds. The van der Waals surface area contributed by atoms with Crippen molar-refractivity contribution in [3.05, 3.63) is 35.8 Å². The Kier molecular flexibility index (Phi) is 3.51. The second kappa shape index (κ2) is 5.23. The standard InChI is InChI=1S/C17H21N3O2/c1-11-6-5-7-14(18-11)13-10-20(16(21)22-17(2,3)4)19-15(13)12-8-9-12/h5-7,10,12H,8-9H2,1-4H3. The van der Waals surface area contributed by atoms with E-state index in [4.69, 9.17) is 4.74 Å². The average molecular weight is 299 g/mol. The van der Waals surface area contributed by atoms with Crippen LogP contribution in [0.3, 0.4) is 0 Å². The van der Waals surface area contributed by atoms with Gasteiger partial charge in [-0.3, -0.25) is 4.98 Å². The average Bonchev–Trinajstić information content (AvgIpc) is 3.15. The second-order valence-corrected chi connectivity index (χ2v) is 6.79. The van der Waals surface area contributed by atoms with E-state index in [0.717, 1.165) is 35.5 Å². The van der Waals surface area contributed by atoms with Crippen molar-refractivity contribution >= 4 is 6.09 Å². The molecule has 1 saturated carbocycles. The van der Waals surface area contributed by atoms with E-state index < -0.39 is 11.7 Å². The lowest BCUT2D eigenvalue weighted by molar-refractivity contribution is 0.0514. The van der Waals surface area contributed by atoms with Gasteiger partial charge in [-0.05, 0) is 52.7 Å². The zero-order chi connectivity index (χ0) is 15.9. The number of nitrogens with zero attached hydrogens (tertiary/aromatic N) is 3. The molecular formula is C17H21N3O2. The summed E-state index contributed by atoms with van der Waals surface area (Å²) in [6.07, 6.45) is 3.52. The number of carbonyl (C=O) groups is 1. The minimum Gasteiger partial charge on any atom is -0.442 e. The molecule has 116 valence electrons. The van der Waals surface area contributed by atoms with Crippen molar-refractivity contribution in [3.63, 3.8) is 0 Å². The molecule has 0 spiro atoms. The van der Waals surface area contributed by atoms with Crippen LogP contribution in [-0.4, -0.2) is 26.5 Å². The van der Waals surface area contributed by atoms with Gasteiger partial charge in [0.2, 0.25) is 0 Å². The number of hydrogen-bond donors (Lipinski definition) is 0. The fraction of sp³-hybridized carbons (Fsp3) is 0.471. The van der Waals surface area contributed by atoms with Crippen LogP contribution in [0.4, 0.5) is 4.79 Å². The third-order valence-corrected chi connectivity index (χ3v) is 3.45. The van der Waals surface area contributed by atoms with Gasteiger partial charge >= 0.3 is 6.09 Å². The van der Waals surface area contributed by atoms with Crippen molar-refractivity contribution in [1.29, 1.82) is 0 Å². The van der Waals surface area contributed by atoms with Gasteiger partial charge in [0.25, 0.3) is 0 Å². The maximum atomic E-state index is 12.2. The predicted molar refractivity (Wildman–Crippen MR) is 83.8 cm³/mol. The first-order chi connectivity index (χ1) is 10.3. The molecule has 0 unspecified atom stereocenters. The van der Waals surface area contributed by atoms with Gasteiger partial charge in [-0.25, -0.2) is 4.79 Å². The summed E-state index contributed by atoms with van der Waals surface area (Å²) in [5.41, 5.74) is 3.15. The largest absolute Gasteiger partial charge is 0.442 e. The minimum atomic E-state index is -0.537. The zero-order valence-electron chi connectivity index (χ0n) is 13.5. The number of aryl methyl sites for hydroxylation is 1. The highest BCUT2D eigenvalue weighted by Crippen LogP contribution is 2.43. The molecule has 2 aromatic heterocycles. The van der Waals surface area contributed by atoms with Crippen LogP contribution >= 0.6 is 0 Å². The van der Waals surface area contributed by atoms with Crippen LogP contribution in [-0.2, 0) is 4.74 Å². The fourth-order valence-electron chi connectivity index (χ4n) is 2.34. The smallest absolute Gasteiger partial charge is 0.435 e. The Morgan fingerprint density at radius 1 is 1.32 bits per heavy atom. The highest BCUT2D eigenvalue weighted by molar-refractivity contribution is 5.73. The molecule has 3 rings (SSSR count). The Morgan fingerprint density at radius 2 is 2.05 bits per heavy atom. The van der Waals surface area contributed by atoms with Crippen LogP contribution < -0.4 is 0 Å². The predicted octanol–water partition coefficient (Wildman–Crippen LogP) is 3.91. The summed E-state index contributed by atoms with van der Waals surface area (Å²) in [5.74, 6) is 0.431. The lowest BCUT2D eigenvalue weighted by Gasteiger charge is -2.18. The van der Waals surface area contributed by atoms with E-state index in [1.165, 1.54) is 4.68 Å². The number of rotatable bonds is 2. The summed E-state index contributed by atoms with van der Waals surface area (Å²) in [6, 6.07) is 5.88. The van der Waals surface area contributed by atoms with Crippen molar-refractivity contribution in [2.75, 3.05) is 0 Å². The quantitative estimate of drug-likeness (QED) is 0.843. The number of pyridine rings is 1. The molecule has 0 atom stereocenters. The molecule has 0 aromatic carbocycles. The van der Waals surface area contributed by atoms with Gasteiger partial charge in [0.15, 0.2) is 0 Å². The topological polar surface area (TPSA) is 57.0 Å². The van der Waals surface area contributed by atoms with Gasteiger partial charge in [-0.15, -0.1) is 0 Å². The number of ether oxygens (including phenoxy) is 1. The number of aromatic nitrogens is 3. The Labute approximate surface area is 130 Å². The summed E-state index contributed by atoms with van der Waals surface area (Å²) < 4.78 is 6.70. The van der Waals surface area contributed by atoms with Crippen molar-refractivity contribution in [1.82, 2.24) is 14.8 Å². The summed E-state index contributed by atoms with van der Waals surface area (Å²) >= 11 is 0. The molecule has 0 aliphatic heterocycles. The first kappa shape index (κ1) is 14.8. The molecule has 5 heteroatoms. The van der Waals surface area contributed by atoms with E-state index in [9.17, 15) is 4.79 Å². The number of carbonyl (C=O) groups excluding carboxylic acids is 1. The van der Waals surface area contributed by atoms with Gasteiger partial charge in [-0.1, -0.05) is 6.07 Å². The summed E-state index contributed by atoms with van der Waals surface area (Å²) in [6.45, 7) is 7.50. The Hall–Kier alpha value is -2.17. The molecule has 5 nitrogen and oxygen atoms in total. The first-order valence-electron chi connectivity index (χ1n) is 7.60. The van der Waals surface area contributed by atoms with E-state index in [2.05, 4.69) is 10.1 Å². The molecular weight excluding hydrogens is 278 g/mol. The van der Waals surface area contributed by atoms with E-state index in [1.807, 2.05) is 45.9 Å². The molecule has 0 bridgehead atoms. The van der Waals surface area contributed by atoms with Crippen LogP contribution in [0.15, 0.2) is 24.4 Å². The molecule has 2 aromatic rings. The monoisotopic (exact) mass is 299 g/mol. The Morgan fingerprint density at radius 3 is 2.64 bits per heavy atom. The summed E-state index contributed by atoms with van der Waals surface area (Å²) in [5, 5.41) is 4.46. The Balaban J connectivity index is 1.98. The SMILES string of the molecule is Cc1cccc(-c2cn(C(=O)OC(C)(C)C)nc2C2CC2)n1. The number of hydrogen-bond acceptors (Lipinski definition) is 4.